The smallest absolute Gasteiger partial charge is 0.222 e. The van der Waals surface area contributed by atoms with E-state index >= 15 is 0 Å². The Balaban J connectivity index is 1.75. The molecule has 3 rings (SSSR count). The third-order valence-corrected chi connectivity index (χ3v) is 5.85. The van der Waals surface area contributed by atoms with Gasteiger partial charge in [-0.1, -0.05) is 61.5 Å². The van der Waals surface area contributed by atoms with Gasteiger partial charge in [-0.15, -0.1) is 0 Å². The second kappa shape index (κ2) is 11.9. The summed E-state index contributed by atoms with van der Waals surface area (Å²) in [7, 11) is 3.35. The van der Waals surface area contributed by atoms with Crippen molar-refractivity contribution in [3.8, 4) is 11.5 Å². The van der Waals surface area contributed by atoms with Gasteiger partial charge in [0.05, 0.1) is 14.2 Å². The monoisotopic (exact) mass is 431 g/mol. The van der Waals surface area contributed by atoms with Crippen LogP contribution < -0.4 is 9.47 Å². The zero-order valence-electron chi connectivity index (χ0n) is 19.3. The lowest BCUT2D eigenvalue weighted by Crippen LogP contribution is -2.31. The van der Waals surface area contributed by atoms with Crippen LogP contribution in [0.15, 0.2) is 78.9 Å². The second-order valence-electron chi connectivity index (χ2n) is 7.97. The lowest BCUT2D eigenvalue weighted by Gasteiger charge is -2.26. The summed E-state index contributed by atoms with van der Waals surface area (Å²) >= 11 is 0. The first kappa shape index (κ1) is 23.4. The first-order chi connectivity index (χ1) is 15.6. The molecule has 4 nitrogen and oxygen atoms in total. The normalized spacial score (nSPS) is 11.6. The Morgan fingerprint density at radius 1 is 0.812 bits per heavy atom. The zero-order valence-corrected chi connectivity index (χ0v) is 19.3. The van der Waals surface area contributed by atoms with Crippen LogP contribution in [0, 0.1) is 0 Å². The van der Waals surface area contributed by atoms with E-state index in [1.807, 2.05) is 54.3 Å². The van der Waals surface area contributed by atoms with E-state index in [1.54, 1.807) is 14.2 Å². The molecule has 0 saturated carbocycles. The number of hydrogen-bond acceptors (Lipinski definition) is 3. The fourth-order valence-corrected chi connectivity index (χ4v) is 3.94. The minimum absolute atomic E-state index is 0.175. The summed E-state index contributed by atoms with van der Waals surface area (Å²) in [6, 6.07) is 26.8. The fraction of sp³-hybridized carbons (Fsp3) is 0.321. The minimum atomic E-state index is 0.175. The Hall–Kier alpha value is -3.27. The summed E-state index contributed by atoms with van der Waals surface area (Å²) in [5.41, 5.74) is 3.68. The molecule has 0 radical (unpaired) electrons. The van der Waals surface area contributed by atoms with Crippen molar-refractivity contribution in [3.63, 3.8) is 0 Å². The van der Waals surface area contributed by atoms with Crippen molar-refractivity contribution >= 4 is 5.91 Å². The van der Waals surface area contributed by atoms with Gasteiger partial charge in [0.15, 0.2) is 0 Å². The maximum absolute atomic E-state index is 12.7. The molecule has 1 amide bonds. The van der Waals surface area contributed by atoms with Crippen molar-refractivity contribution < 1.29 is 14.3 Å². The molecule has 0 N–H and O–H groups in total. The highest BCUT2D eigenvalue weighted by molar-refractivity contribution is 5.75. The van der Waals surface area contributed by atoms with Crippen molar-refractivity contribution in [1.82, 2.24) is 4.90 Å². The molecular formula is C28H33NO3. The summed E-state index contributed by atoms with van der Waals surface area (Å²) in [6.45, 7) is 3.24. The van der Waals surface area contributed by atoms with E-state index in [0.29, 0.717) is 25.4 Å². The average molecular weight is 432 g/mol. The first-order valence-electron chi connectivity index (χ1n) is 11.2. The van der Waals surface area contributed by atoms with Gasteiger partial charge in [0.1, 0.15) is 11.5 Å². The number of carbonyl (C=O) groups excluding carboxylic acids is 1. The highest BCUT2D eigenvalue weighted by Crippen LogP contribution is 2.27. The number of ether oxygens (including phenoxy) is 2. The number of rotatable bonds is 11. The first-order valence-corrected chi connectivity index (χ1v) is 11.2. The van der Waals surface area contributed by atoms with Crippen molar-refractivity contribution in [3.05, 3.63) is 95.6 Å². The number of carbonyl (C=O) groups is 1. The number of benzene rings is 3. The maximum atomic E-state index is 12.7. The highest BCUT2D eigenvalue weighted by Gasteiger charge is 2.18. The predicted molar refractivity (Wildman–Crippen MR) is 129 cm³/mol. The summed E-state index contributed by atoms with van der Waals surface area (Å²) in [6.07, 6.45) is 2.33. The number of hydrogen-bond donors (Lipinski definition) is 0. The Morgan fingerprint density at radius 2 is 1.41 bits per heavy atom. The number of amides is 1. The summed E-state index contributed by atoms with van der Waals surface area (Å²) in [4.78, 5) is 14.7. The minimum Gasteiger partial charge on any atom is -0.497 e. The quantitative estimate of drug-likeness (QED) is 0.382. The highest BCUT2D eigenvalue weighted by atomic mass is 16.5. The second-order valence-corrected chi connectivity index (χ2v) is 7.97. The topological polar surface area (TPSA) is 38.8 Å². The summed E-state index contributed by atoms with van der Waals surface area (Å²) < 4.78 is 10.6. The molecule has 1 atom stereocenters. The van der Waals surface area contributed by atoms with Crippen LogP contribution in [0.2, 0.25) is 0 Å². The van der Waals surface area contributed by atoms with E-state index in [1.165, 1.54) is 11.1 Å². The summed E-state index contributed by atoms with van der Waals surface area (Å²) in [5.74, 6) is 2.17. The average Bonchev–Trinajstić information content (AvgIpc) is 2.86. The third kappa shape index (κ3) is 6.61. The van der Waals surface area contributed by atoms with Crippen molar-refractivity contribution in [2.45, 2.75) is 38.6 Å². The Kier molecular flexibility index (Phi) is 8.73. The van der Waals surface area contributed by atoms with Crippen LogP contribution in [-0.2, 0) is 17.8 Å². The molecule has 0 saturated heterocycles. The molecular weight excluding hydrogens is 398 g/mol. The molecule has 0 fully saturated rings. The molecule has 3 aromatic rings. The van der Waals surface area contributed by atoms with Crippen LogP contribution in [0.1, 0.15) is 42.4 Å². The molecule has 3 aromatic carbocycles. The van der Waals surface area contributed by atoms with Crippen LogP contribution >= 0.6 is 0 Å². The van der Waals surface area contributed by atoms with Crippen LogP contribution in [0.5, 0.6) is 11.5 Å². The Morgan fingerprint density at radius 3 is 1.97 bits per heavy atom. The Bertz CT molecular complexity index is 952. The molecule has 0 unspecified atom stereocenters. The van der Waals surface area contributed by atoms with E-state index in [-0.39, 0.29) is 5.91 Å². The Labute approximate surface area is 191 Å². The molecule has 0 aliphatic heterocycles. The van der Waals surface area contributed by atoms with E-state index in [4.69, 9.17) is 9.47 Å². The van der Waals surface area contributed by atoms with E-state index < -0.39 is 0 Å². The van der Waals surface area contributed by atoms with Gasteiger partial charge >= 0.3 is 0 Å². The standard InChI is InChI=1S/C28H33NO3/c1-4-28(30)29(21-23-10-14-26(31-2)15-11-23)19-18-25(20-22-8-6-5-7-9-22)24-12-16-27(32-3)17-13-24/h5-17,25H,4,18-21H2,1-3H3/t25-/m1/s1. The molecule has 0 heterocycles. The lowest BCUT2D eigenvalue weighted by molar-refractivity contribution is -0.131. The van der Waals surface area contributed by atoms with Gasteiger partial charge in [-0.25, -0.2) is 0 Å². The van der Waals surface area contributed by atoms with Gasteiger partial charge in [-0.05, 0) is 59.7 Å². The largest absolute Gasteiger partial charge is 0.497 e. The van der Waals surface area contributed by atoms with Gasteiger partial charge in [0, 0.05) is 19.5 Å². The molecule has 4 heteroatoms. The molecule has 0 bridgehead atoms. The fourth-order valence-electron chi connectivity index (χ4n) is 3.94. The molecule has 0 spiro atoms. The predicted octanol–water partition coefficient (Wildman–Crippen LogP) is 5.86. The third-order valence-electron chi connectivity index (χ3n) is 5.85. The van der Waals surface area contributed by atoms with Gasteiger partial charge in [-0.3, -0.25) is 4.79 Å². The van der Waals surface area contributed by atoms with Crippen LogP contribution in [-0.4, -0.2) is 31.6 Å². The van der Waals surface area contributed by atoms with Gasteiger partial charge in [0.25, 0.3) is 0 Å². The maximum Gasteiger partial charge on any atom is 0.222 e. The molecule has 0 aliphatic rings. The van der Waals surface area contributed by atoms with Crippen molar-refractivity contribution in [2.24, 2.45) is 0 Å². The lowest BCUT2D eigenvalue weighted by atomic mass is 9.89. The van der Waals surface area contributed by atoms with Crippen LogP contribution in [0.25, 0.3) is 0 Å². The van der Waals surface area contributed by atoms with Crippen LogP contribution in [0.4, 0.5) is 0 Å². The number of methoxy groups -OCH3 is 2. The van der Waals surface area contributed by atoms with Crippen LogP contribution in [0.3, 0.4) is 0 Å². The van der Waals surface area contributed by atoms with E-state index in [2.05, 4.69) is 36.4 Å². The van der Waals surface area contributed by atoms with Gasteiger partial charge in [-0.2, -0.15) is 0 Å². The molecule has 0 aliphatic carbocycles. The van der Waals surface area contributed by atoms with Crippen molar-refractivity contribution in [2.75, 3.05) is 20.8 Å². The van der Waals surface area contributed by atoms with Crippen molar-refractivity contribution in [1.29, 1.82) is 0 Å². The molecule has 0 aromatic heterocycles. The zero-order chi connectivity index (χ0) is 22.8. The van der Waals surface area contributed by atoms with Gasteiger partial charge < -0.3 is 14.4 Å². The SMILES string of the molecule is CCC(=O)N(CC[C@H](Cc1ccccc1)c1ccc(OC)cc1)Cc1ccc(OC)cc1. The molecule has 32 heavy (non-hydrogen) atoms. The number of nitrogens with zero attached hydrogens (tertiary/aromatic N) is 1. The van der Waals surface area contributed by atoms with E-state index in [9.17, 15) is 4.79 Å². The summed E-state index contributed by atoms with van der Waals surface area (Å²) in [5, 5.41) is 0. The van der Waals surface area contributed by atoms with E-state index in [0.717, 1.165) is 29.9 Å². The van der Waals surface area contributed by atoms with Gasteiger partial charge in [0.2, 0.25) is 5.91 Å². The molecule has 168 valence electrons.